The summed E-state index contributed by atoms with van der Waals surface area (Å²) in [6.45, 7) is 26.5. The van der Waals surface area contributed by atoms with Gasteiger partial charge < -0.3 is 9.64 Å². The van der Waals surface area contributed by atoms with E-state index in [2.05, 4.69) is 4.90 Å². The van der Waals surface area contributed by atoms with Crippen molar-refractivity contribution < 1.29 is 4.74 Å². The first-order chi connectivity index (χ1) is 7.28. The van der Waals surface area contributed by atoms with Gasteiger partial charge in [0.05, 0.1) is 13.2 Å². The van der Waals surface area contributed by atoms with Crippen molar-refractivity contribution >= 4 is 0 Å². The normalized spacial score (nSPS) is 11.6. The molecule has 3 nitrogen and oxygen atoms in total. The maximum Gasteiger partial charge on any atom is 0.0593 e. The Labute approximate surface area is 95.4 Å². The van der Waals surface area contributed by atoms with Crippen LogP contribution in [-0.2, 0) is 4.74 Å². The van der Waals surface area contributed by atoms with Crippen LogP contribution in [0.3, 0.4) is 0 Å². The van der Waals surface area contributed by atoms with E-state index in [0.717, 1.165) is 19.6 Å². The van der Waals surface area contributed by atoms with Crippen molar-refractivity contribution in [3.8, 4) is 0 Å². The van der Waals surface area contributed by atoms with Gasteiger partial charge in [0, 0.05) is 39.3 Å². The minimum atomic E-state index is 0.246. The molecule has 3 heteroatoms. The summed E-state index contributed by atoms with van der Waals surface area (Å²) in [5, 5.41) is 0. The van der Waals surface area contributed by atoms with Crippen LogP contribution >= 0.6 is 0 Å². The van der Waals surface area contributed by atoms with Crippen LogP contribution in [-0.4, -0.2) is 62.3 Å². The lowest BCUT2D eigenvalue weighted by atomic mass is 10.4. The Hall–Kier alpha value is -0.120. The lowest BCUT2D eigenvalue weighted by Gasteiger charge is -2.24. The summed E-state index contributed by atoms with van der Waals surface area (Å²) >= 11 is 0. The maximum atomic E-state index is 5.58. The van der Waals surface area contributed by atoms with Gasteiger partial charge in [-0.05, 0) is 27.7 Å². The summed E-state index contributed by atoms with van der Waals surface area (Å²) in [5.74, 6) is 0. The number of nitrogens with zero attached hydrogens (tertiary/aromatic N) is 2. The molecule has 0 atom stereocenters. The Morgan fingerprint density at radius 2 is 1.27 bits per heavy atom. The molecule has 0 heterocycles. The van der Waals surface area contributed by atoms with Crippen molar-refractivity contribution in [1.29, 1.82) is 0 Å². The van der Waals surface area contributed by atoms with Gasteiger partial charge in [-0.25, -0.2) is 0 Å². The molecule has 84 valence electrons. The van der Waals surface area contributed by atoms with E-state index in [9.17, 15) is 0 Å². The molecule has 0 aromatic rings. The summed E-state index contributed by atoms with van der Waals surface area (Å²) in [7, 11) is 0. The molecule has 0 aliphatic rings. The fourth-order valence-corrected chi connectivity index (χ4v) is 1.11. The van der Waals surface area contributed by atoms with Gasteiger partial charge in [-0.2, -0.15) is 0 Å². The highest BCUT2D eigenvalue weighted by Gasteiger charge is 2.04. The van der Waals surface area contributed by atoms with Gasteiger partial charge in [0.2, 0.25) is 0 Å². The summed E-state index contributed by atoms with van der Waals surface area (Å²) in [6.07, 6.45) is 0. The molecule has 0 spiro atoms. The molecule has 0 N–H and O–H groups in total. The lowest BCUT2D eigenvalue weighted by Crippen LogP contribution is -2.36. The largest absolute Gasteiger partial charge is 0.380 e. The topological polar surface area (TPSA) is 15.7 Å². The van der Waals surface area contributed by atoms with Crippen molar-refractivity contribution in [3.63, 3.8) is 0 Å². The van der Waals surface area contributed by atoms with E-state index in [0.29, 0.717) is 26.2 Å². The van der Waals surface area contributed by atoms with Crippen LogP contribution in [0.4, 0.5) is 0 Å². The number of hydrogen-bond acceptors (Lipinski definition) is 3. The Balaban J connectivity index is 3.59. The zero-order chi connectivity index (χ0) is 11.5. The van der Waals surface area contributed by atoms with E-state index in [1.54, 1.807) is 0 Å². The third kappa shape index (κ3) is 7.77. The van der Waals surface area contributed by atoms with Crippen LogP contribution in [0, 0.1) is 27.7 Å². The molecule has 0 fully saturated rings. The van der Waals surface area contributed by atoms with Gasteiger partial charge in [-0.3, -0.25) is 4.90 Å². The van der Waals surface area contributed by atoms with E-state index >= 15 is 0 Å². The molecule has 0 bridgehead atoms. The minimum absolute atomic E-state index is 0.246. The number of ether oxygens (including phenoxy) is 1. The Morgan fingerprint density at radius 3 is 1.73 bits per heavy atom. The molecule has 0 unspecified atom stereocenters. The average Bonchev–Trinajstić information content (AvgIpc) is 2.28. The summed E-state index contributed by atoms with van der Waals surface area (Å²) < 4.78 is 5.04. The molecule has 8 radical (unpaired) electrons. The van der Waals surface area contributed by atoms with Crippen molar-refractivity contribution in [2.45, 2.75) is 0 Å². The molecule has 0 saturated carbocycles. The minimum Gasteiger partial charge on any atom is -0.380 e. The second kappa shape index (κ2) is 10.4. The molecule has 0 aromatic heterocycles. The van der Waals surface area contributed by atoms with Crippen molar-refractivity contribution in [1.82, 2.24) is 9.80 Å². The lowest BCUT2D eigenvalue weighted by molar-refractivity contribution is 0.122. The predicted molar refractivity (Wildman–Crippen MR) is 60.9 cm³/mol. The molecule has 0 amide bonds. The first kappa shape index (κ1) is 14.9. The van der Waals surface area contributed by atoms with Gasteiger partial charge in [0.1, 0.15) is 0 Å². The van der Waals surface area contributed by atoms with Gasteiger partial charge in [0.25, 0.3) is 0 Å². The highest BCUT2D eigenvalue weighted by Crippen LogP contribution is 1.92. The molecule has 0 rings (SSSR count). The smallest absolute Gasteiger partial charge is 0.0593 e. The van der Waals surface area contributed by atoms with Crippen molar-refractivity contribution in [3.05, 3.63) is 27.7 Å². The third-order valence-corrected chi connectivity index (χ3v) is 2.18. The zero-order valence-corrected chi connectivity index (χ0v) is 9.27. The van der Waals surface area contributed by atoms with E-state index in [-0.39, 0.29) is 6.61 Å². The maximum absolute atomic E-state index is 5.58. The predicted octanol–water partition coefficient (Wildman–Crippen LogP) is 0.451. The van der Waals surface area contributed by atoms with Crippen molar-refractivity contribution in [2.24, 2.45) is 0 Å². The van der Waals surface area contributed by atoms with E-state index in [4.69, 9.17) is 32.4 Å². The molecule has 0 saturated heterocycles. The summed E-state index contributed by atoms with van der Waals surface area (Å²) in [6, 6.07) is 0. The van der Waals surface area contributed by atoms with Gasteiger partial charge in [-0.1, -0.05) is 0 Å². The van der Waals surface area contributed by atoms with E-state index in [1.165, 1.54) is 0 Å². The Bertz CT molecular complexity index is 127. The van der Waals surface area contributed by atoms with E-state index < -0.39 is 0 Å². The third-order valence-electron chi connectivity index (χ3n) is 2.18. The standard InChI is InChI=1S/C12H20N2O/c1-5-13(6-2)9-10-14(7-3)11-12-15-8-4/h1-4H,5-12H2. The Kier molecular flexibility index (Phi) is 10.3. The fraction of sp³-hybridized carbons (Fsp3) is 0.667. The first-order valence-corrected chi connectivity index (χ1v) is 5.11. The summed E-state index contributed by atoms with van der Waals surface area (Å²) in [5.41, 5.74) is 0. The zero-order valence-electron chi connectivity index (χ0n) is 9.27. The average molecular weight is 208 g/mol. The molecule has 0 aromatic carbocycles. The van der Waals surface area contributed by atoms with Crippen LogP contribution < -0.4 is 0 Å². The quantitative estimate of drug-likeness (QED) is 0.485. The molecule has 0 aliphatic heterocycles. The van der Waals surface area contributed by atoms with Crippen LogP contribution in [0.1, 0.15) is 0 Å². The second-order valence-corrected chi connectivity index (χ2v) is 3.14. The fourth-order valence-electron chi connectivity index (χ4n) is 1.11. The van der Waals surface area contributed by atoms with Gasteiger partial charge in [0.15, 0.2) is 0 Å². The van der Waals surface area contributed by atoms with Crippen LogP contribution in [0.2, 0.25) is 0 Å². The molecule has 15 heavy (non-hydrogen) atoms. The van der Waals surface area contributed by atoms with Crippen LogP contribution in [0.25, 0.3) is 0 Å². The SMILES string of the molecule is [CH]COCCN(C[CH])CCN(C[CH])C[CH]. The highest BCUT2D eigenvalue weighted by atomic mass is 16.5. The van der Waals surface area contributed by atoms with Gasteiger partial charge >= 0.3 is 0 Å². The summed E-state index contributed by atoms with van der Waals surface area (Å²) in [4.78, 5) is 4.00. The number of rotatable bonds is 10. The second-order valence-electron chi connectivity index (χ2n) is 3.14. The highest BCUT2D eigenvalue weighted by molar-refractivity contribution is 4.65. The molecular formula is C12H20N2O. The molecule has 0 aliphatic carbocycles. The number of hydrogen-bond donors (Lipinski definition) is 0. The first-order valence-electron chi connectivity index (χ1n) is 5.11. The van der Waals surface area contributed by atoms with Crippen LogP contribution in [0.5, 0.6) is 0 Å². The van der Waals surface area contributed by atoms with Crippen LogP contribution in [0.15, 0.2) is 0 Å². The van der Waals surface area contributed by atoms with Gasteiger partial charge in [-0.15, -0.1) is 0 Å². The molecular weight excluding hydrogens is 188 g/mol. The van der Waals surface area contributed by atoms with E-state index in [1.807, 2.05) is 4.90 Å². The Morgan fingerprint density at radius 1 is 0.733 bits per heavy atom. The van der Waals surface area contributed by atoms with Crippen molar-refractivity contribution in [2.75, 3.05) is 52.5 Å². The monoisotopic (exact) mass is 208 g/mol.